The van der Waals surface area contributed by atoms with Crippen molar-refractivity contribution < 1.29 is 8.42 Å². The van der Waals surface area contributed by atoms with Crippen molar-refractivity contribution in [1.82, 2.24) is 9.55 Å². The quantitative estimate of drug-likeness (QED) is 0.943. The third-order valence-electron chi connectivity index (χ3n) is 4.12. The molecule has 0 radical (unpaired) electrons. The molecule has 0 spiro atoms. The van der Waals surface area contributed by atoms with Crippen LogP contribution in [0.1, 0.15) is 25.1 Å². The molecule has 0 saturated heterocycles. The van der Waals surface area contributed by atoms with Crippen LogP contribution in [0.15, 0.2) is 30.5 Å². The monoisotopic (exact) mass is 303 g/mol. The number of aromatic nitrogens is 2. The lowest BCUT2D eigenvalue weighted by atomic mass is 10.1. The number of anilines is 1. The number of sulfonamides is 1. The lowest BCUT2D eigenvalue weighted by Gasteiger charge is -2.09. The van der Waals surface area contributed by atoms with E-state index in [4.69, 9.17) is 0 Å². The van der Waals surface area contributed by atoms with E-state index in [1.54, 1.807) is 0 Å². The number of nitrogens with zero attached hydrogens (tertiary/aromatic N) is 2. The molecular formula is C15H17N3O2S. The van der Waals surface area contributed by atoms with Crippen LogP contribution in [-0.4, -0.2) is 23.2 Å². The van der Waals surface area contributed by atoms with Crippen LogP contribution in [0.5, 0.6) is 0 Å². The van der Waals surface area contributed by atoms with Crippen LogP contribution in [0.4, 0.5) is 5.69 Å². The first-order valence-corrected chi connectivity index (χ1v) is 8.84. The van der Waals surface area contributed by atoms with Crippen molar-refractivity contribution >= 4 is 15.7 Å². The third kappa shape index (κ3) is 2.33. The number of hydrogen-bond donors (Lipinski definition) is 1. The average Bonchev–Trinajstić information content (AvgIpc) is 3.10. The Kier molecular flexibility index (Phi) is 2.82. The number of fused-ring (bicyclic) bond motifs is 1. The molecule has 0 atom stereocenters. The highest BCUT2D eigenvalue weighted by atomic mass is 32.2. The van der Waals surface area contributed by atoms with Gasteiger partial charge >= 0.3 is 0 Å². The third-order valence-corrected chi connectivity index (χ3v) is 5.99. The molecule has 1 aliphatic heterocycles. The van der Waals surface area contributed by atoms with Gasteiger partial charge in [0.05, 0.1) is 17.1 Å². The molecule has 0 bridgehead atoms. The van der Waals surface area contributed by atoms with Crippen molar-refractivity contribution in [2.24, 2.45) is 0 Å². The Labute approximate surface area is 124 Å². The van der Waals surface area contributed by atoms with Gasteiger partial charge in [0.1, 0.15) is 5.82 Å². The second-order valence-electron chi connectivity index (χ2n) is 5.74. The van der Waals surface area contributed by atoms with Gasteiger partial charge in [-0.3, -0.25) is 4.72 Å². The predicted octanol–water partition coefficient (Wildman–Crippen LogP) is 2.40. The number of benzene rings is 1. The minimum atomic E-state index is -3.18. The number of rotatable bonds is 4. The zero-order valence-corrected chi connectivity index (χ0v) is 12.4. The van der Waals surface area contributed by atoms with Crippen LogP contribution >= 0.6 is 0 Å². The van der Waals surface area contributed by atoms with Gasteiger partial charge in [0.15, 0.2) is 0 Å². The van der Waals surface area contributed by atoms with Gasteiger partial charge in [0, 0.05) is 18.7 Å². The van der Waals surface area contributed by atoms with E-state index in [2.05, 4.69) is 14.3 Å². The van der Waals surface area contributed by atoms with Gasteiger partial charge < -0.3 is 4.57 Å². The van der Waals surface area contributed by atoms with Crippen molar-refractivity contribution in [1.29, 1.82) is 0 Å². The Balaban J connectivity index is 1.58. The van der Waals surface area contributed by atoms with Crippen molar-refractivity contribution in [3.05, 3.63) is 36.3 Å². The molecule has 21 heavy (non-hydrogen) atoms. The minimum Gasteiger partial charge on any atom is -0.328 e. The fourth-order valence-corrected chi connectivity index (χ4v) is 4.21. The fourth-order valence-electron chi connectivity index (χ4n) is 2.82. The predicted molar refractivity (Wildman–Crippen MR) is 81.5 cm³/mol. The molecule has 1 aromatic heterocycles. The van der Waals surface area contributed by atoms with Crippen molar-refractivity contribution in [3.8, 4) is 11.3 Å². The van der Waals surface area contributed by atoms with Gasteiger partial charge in [-0.25, -0.2) is 13.4 Å². The fraction of sp³-hybridized carbons (Fsp3) is 0.400. The Morgan fingerprint density at radius 3 is 2.67 bits per heavy atom. The molecular weight excluding hydrogens is 286 g/mol. The zero-order chi connectivity index (χ0) is 14.4. The number of nitrogens with one attached hydrogen (secondary N) is 1. The van der Waals surface area contributed by atoms with E-state index in [0.717, 1.165) is 49.3 Å². The summed E-state index contributed by atoms with van der Waals surface area (Å²) in [5, 5.41) is -0.199. The topological polar surface area (TPSA) is 64.0 Å². The van der Waals surface area contributed by atoms with Crippen molar-refractivity contribution in [3.63, 3.8) is 0 Å². The normalized spacial score (nSPS) is 17.7. The molecule has 1 aromatic carbocycles. The Bertz CT molecular complexity index is 774. The van der Waals surface area contributed by atoms with Gasteiger partial charge in [0.2, 0.25) is 10.0 Å². The van der Waals surface area contributed by atoms with Gasteiger partial charge in [-0.2, -0.15) is 0 Å². The molecule has 2 aliphatic rings. The van der Waals surface area contributed by atoms with Crippen LogP contribution in [-0.2, 0) is 23.0 Å². The molecule has 4 rings (SSSR count). The second-order valence-corrected chi connectivity index (χ2v) is 7.70. The minimum absolute atomic E-state index is 0.199. The van der Waals surface area contributed by atoms with Crippen LogP contribution < -0.4 is 4.72 Å². The second kappa shape index (κ2) is 4.59. The highest BCUT2D eigenvalue weighted by Gasteiger charge is 2.35. The molecule has 2 heterocycles. The Morgan fingerprint density at radius 1 is 1.19 bits per heavy atom. The zero-order valence-electron chi connectivity index (χ0n) is 11.6. The smallest absolute Gasteiger partial charge is 0.235 e. The molecule has 1 fully saturated rings. The average molecular weight is 303 g/mol. The number of hydrogen-bond acceptors (Lipinski definition) is 3. The summed E-state index contributed by atoms with van der Waals surface area (Å²) in [6.45, 7) is 1.01. The summed E-state index contributed by atoms with van der Waals surface area (Å²) in [6, 6.07) is 7.55. The molecule has 110 valence electrons. The molecule has 1 saturated carbocycles. The maximum Gasteiger partial charge on any atom is 0.235 e. The van der Waals surface area contributed by atoms with E-state index in [1.165, 1.54) is 0 Å². The highest BCUT2D eigenvalue weighted by Crippen LogP contribution is 2.31. The summed E-state index contributed by atoms with van der Waals surface area (Å²) < 4.78 is 28.7. The molecule has 0 amide bonds. The molecule has 0 unspecified atom stereocenters. The number of aryl methyl sites for hydroxylation is 1. The van der Waals surface area contributed by atoms with E-state index in [0.29, 0.717) is 5.69 Å². The summed E-state index contributed by atoms with van der Waals surface area (Å²) >= 11 is 0. The lowest BCUT2D eigenvalue weighted by Crippen LogP contribution is -2.17. The largest absolute Gasteiger partial charge is 0.328 e. The Hall–Kier alpha value is -1.82. The van der Waals surface area contributed by atoms with Crippen LogP contribution in [0.25, 0.3) is 11.3 Å². The maximum absolute atomic E-state index is 11.9. The van der Waals surface area contributed by atoms with Gasteiger partial charge in [-0.05, 0) is 37.0 Å². The van der Waals surface area contributed by atoms with Crippen LogP contribution in [0.2, 0.25) is 0 Å². The summed E-state index contributed by atoms with van der Waals surface area (Å²) in [7, 11) is -3.18. The standard InChI is InChI=1S/C15H17N3O2S/c19-21(20,13-7-8-13)17-12-5-3-11(4-6-12)14-10-16-15-2-1-9-18(14)15/h3-6,10,13,17H,1-2,7-9H2. The molecule has 1 N–H and O–H groups in total. The summed E-state index contributed by atoms with van der Waals surface area (Å²) in [5.74, 6) is 1.14. The van der Waals surface area contributed by atoms with E-state index in [1.807, 2.05) is 30.5 Å². The van der Waals surface area contributed by atoms with Gasteiger partial charge in [-0.15, -0.1) is 0 Å². The van der Waals surface area contributed by atoms with E-state index in [-0.39, 0.29) is 5.25 Å². The molecule has 2 aromatic rings. The number of imidazole rings is 1. The van der Waals surface area contributed by atoms with E-state index < -0.39 is 10.0 Å². The SMILES string of the molecule is O=S(=O)(Nc1ccc(-c2cnc3n2CCC3)cc1)C1CC1. The van der Waals surface area contributed by atoms with Crippen LogP contribution in [0, 0.1) is 0 Å². The highest BCUT2D eigenvalue weighted by molar-refractivity contribution is 7.93. The molecule has 1 aliphatic carbocycles. The first-order chi connectivity index (χ1) is 10.1. The summed E-state index contributed by atoms with van der Waals surface area (Å²) in [4.78, 5) is 4.44. The lowest BCUT2D eigenvalue weighted by molar-refractivity contribution is 0.600. The van der Waals surface area contributed by atoms with Crippen molar-refractivity contribution in [2.75, 3.05) is 4.72 Å². The van der Waals surface area contributed by atoms with Gasteiger partial charge in [-0.1, -0.05) is 12.1 Å². The molecule has 5 nitrogen and oxygen atoms in total. The first-order valence-electron chi connectivity index (χ1n) is 7.30. The van der Waals surface area contributed by atoms with Crippen molar-refractivity contribution in [2.45, 2.75) is 37.5 Å². The summed E-state index contributed by atoms with van der Waals surface area (Å²) in [6.07, 6.45) is 5.64. The maximum atomic E-state index is 11.9. The van der Waals surface area contributed by atoms with E-state index in [9.17, 15) is 8.42 Å². The Morgan fingerprint density at radius 2 is 1.95 bits per heavy atom. The molecule has 6 heteroatoms. The van der Waals surface area contributed by atoms with E-state index >= 15 is 0 Å². The van der Waals surface area contributed by atoms with Crippen LogP contribution in [0.3, 0.4) is 0 Å². The van der Waals surface area contributed by atoms with Gasteiger partial charge in [0.25, 0.3) is 0 Å². The first kappa shape index (κ1) is 12.9. The summed E-state index contributed by atoms with van der Waals surface area (Å²) in [5.41, 5.74) is 2.82.